The molecule has 0 aliphatic carbocycles. The number of hydrogen-bond donors (Lipinski definition) is 0. The summed E-state index contributed by atoms with van der Waals surface area (Å²) in [5.74, 6) is -0.891. The van der Waals surface area contributed by atoms with Gasteiger partial charge in [-0.1, -0.05) is 6.07 Å². The van der Waals surface area contributed by atoms with E-state index in [1.165, 1.54) is 18.2 Å². The van der Waals surface area contributed by atoms with E-state index in [1.54, 1.807) is 6.07 Å². The first-order valence-corrected chi connectivity index (χ1v) is 6.92. The van der Waals surface area contributed by atoms with E-state index in [2.05, 4.69) is 16.8 Å². The maximum Gasteiger partial charge on any atom is 0.338 e. The van der Waals surface area contributed by atoms with Gasteiger partial charge in [0.1, 0.15) is 11.9 Å². The summed E-state index contributed by atoms with van der Waals surface area (Å²) in [4.78, 5) is 16.4. The Labute approximate surface area is 131 Å². The fraction of sp³-hybridized carbons (Fsp3) is 0.533. The zero-order chi connectivity index (χ0) is 14.5. The maximum absolute atomic E-state index is 13.1. The van der Waals surface area contributed by atoms with E-state index in [-0.39, 0.29) is 24.1 Å². The summed E-state index contributed by atoms with van der Waals surface area (Å²) >= 11 is 0. The maximum atomic E-state index is 13.1. The van der Waals surface area contributed by atoms with Crippen LogP contribution in [0.5, 0.6) is 0 Å². The van der Waals surface area contributed by atoms with Gasteiger partial charge in [-0.2, -0.15) is 0 Å². The monoisotopic (exact) mass is 316 g/mol. The Balaban J connectivity index is 0.00000220. The summed E-state index contributed by atoms with van der Waals surface area (Å²) in [6.45, 7) is 6.62. The largest absolute Gasteiger partial charge is 0.458 e. The van der Waals surface area contributed by atoms with Crippen LogP contribution in [0.4, 0.5) is 4.39 Å². The number of halogens is 2. The Kier molecular flexibility index (Phi) is 7.08. The van der Waals surface area contributed by atoms with Gasteiger partial charge >= 0.3 is 5.97 Å². The molecular weight excluding hydrogens is 295 g/mol. The van der Waals surface area contributed by atoms with Gasteiger partial charge in [0.05, 0.1) is 5.56 Å². The molecule has 0 amide bonds. The third-order valence-corrected chi connectivity index (χ3v) is 3.48. The van der Waals surface area contributed by atoms with E-state index in [0.717, 1.165) is 32.7 Å². The van der Waals surface area contributed by atoms with Crippen LogP contribution >= 0.6 is 12.4 Å². The lowest BCUT2D eigenvalue weighted by Gasteiger charge is -2.33. The van der Waals surface area contributed by atoms with Crippen molar-refractivity contribution >= 4 is 18.4 Å². The number of carbonyl (C=O) groups excluding carboxylic acids is 1. The van der Waals surface area contributed by atoms with Crippen molar-refractivity contribution < 1.29 is 13.9 Å². The summed E-state index contributed by atoms with van der Waals surface area (Å²) < 4.78 is 18.4. The summed E-state index contributed by atoms with van der Waals surface area (Å²) in [5.41, 5.74) is 0.259. The van der Waals surface area contributed by atoms with E-state index in [1.807, 2.05) is 6.92 Å². The number of ether oxygens (including phenoxy) is 1. The number of hydrogen-bond acceptors (Lipinski definition) is 4. The number of piperazine rings is 1. The second kappa shape index (κ2) is 8.32. The van der Waals surface area contributed by atoms with Gasteiger partial charge in [0.2, 0.25) is 0 Å². The lowest BCUT2D eigenvalue weighted by atomic mass is 10.2. The first kappa shape index (κ1) is 17.9. The van der Waals surface area contributed by atoms with Crippen LogP contribution in [0.1, 0.15) is 17.3 Å². The molecule has 2 rings (SSSR count). The van der Waals surface area contributed by atoms with Crippen LogP contribution in [-0.2, 0) is 4.74 Å². The van der Waals surface area contributed by atoms with Crippen molar-refractivity contribution in [2.45, 2.75) is 13.0 Å². The zero-order valence-corrected chi connectivity index (χ0v) is 13.2. The van der Waals surface area contributed by atoms with Crippen molar-refractivity contribution in [1.29, 1.82) is 0 Å². The molecular formula is C15H22ClFN2O2. The van der Waals surface area contributed by atoms with Gasteiger partial charge in [-0.05, 0) is 32.2 Å². The van der Waals surface area contributed by atoms with Crippen LogP contribution in [0.25, 0.3) is 0 Å². The van der Waals surface area contributed by atoms with Gasteiger partial charge in [0.25, 0.3) is 0 Å². The highest BCUT2D eigenvalue weighted by Crippen LogP contribution is 2.08. The second-order valence-electron chi connectivity index (χ2n) is 5.33. The number of carbonyl (C=O) groups is 1. The smallest absolute Gasteiger partial charge is 0.338 e. The van der Waals surface area contributed by atoms with Crippen molar-refractivity contribution in [2.75, 3.05) is 39.8 Å². The van der Waals surface area contributed by atoms with Gasteiger partial charge in [-0.3, -0.25) is 4.90 Å². The predicted molar refractivity (Wildman–Crippen MR) is 82.5 cm³/mol. The van der Waals surface area contributed by atoms with E-state index in [9.17, 15) is 9.18 Å². The Morgan fingerprint density at radius 2 is 2.00 bits per heavy atom. The van der Waals surface area contributed by atoms with E-state index < -0.39 is 11.8 Å². The Bertz CT molecular complexity index is 465. The van der Waals surface area contributed by atoms with Crippen LogP contribution < -0.4 is 0 Å². The number of likely N-dealkylation sites (N-methyl/N-ethyl adjacent to an activating group) is 1. The van der Waals surface area contributed by atoms with Gasteiger partial charge in [-0.15, -0.1) is 12.4 Å². The minimum Gasteiger partial charge on any atom is -0.458 e. The lowest BCUT2D eigenvalue weighted by Crippen LogP contribution is -2.47. The van der Waals surface area contributed by atoms with Crippen LogP contribution in [-0.4, -0.2) is 61.6 Å². The minimum absolute atomic E-state index is 0. The molecule has 0 radical (unpaired) electrons. The minimum atomic E-state index is -0.467. The third kappa shape index (κ3) is 5.61. The van der Waals surface area contributed by atoms with E-state index >= 15 is 0 Å². The standard InChI is InChI=1S/C15H21FN2O2.ClH/c1-12(11-18-8-6-17(2)7-9-18)20-15(19)13-4-3-5-14(16)10-13;/h3-5,10,12H,6-9,11H2,1-2H3;1H. The predicted octanol–water partition coefficient (Wildman–Crippen LogP) is 2.04. The van der Waals surface area contributed by atoms with Crippen LogP contribution in [0, 0.1) is 5.82 Å². The fourth-order valence-corrected chi connectivity index (χ4v) is 2.30. The molecule has 4 nitrogen and oxygen atoms in total. The Hall–Kier alpha value is -1.17. The van der Waals surface area contributed by atoms with Gasteiger partial charge in [-0.25, -0.2) is 9.18 Å². The van der Waals surface area contributed by atoms with Gasteiger partial charge < -0.3 is 9.64 Å². The number of nitrogens with zero attached hydrogens (tertiary/aromatic N) is 2. The first-order chi connectivity index (χ1) is 9.54. The van der Waals surface area contributed by atoms with Crippen molar-refractivity contribution in [3.63, 3.8) is 0 Å². The number of benzene rings is 1. The van der Waals surface area contributed by atoms with Crippen molar-refractivity contribution in [2.24, 2.45) is 0 Å². The zero-order valence-electron chi connectivity index (χ0n) is 12.4. The highest BCUT2D eigenvalue weighted by Gasteiger charge is 2.19. The quantitative estimate of drug-likeness (QED) is 0.796. The molecule has 1 saturated heterocycles. The van der Waals surface area contributed by atoms with Crippen LogP contribution in [0.2, 0.25) is 0 Å². The number of rotatable bonds is 4. The van der Waals surface area contributed by atoms with Crippen molar-refractivity contribution in [1.82, 2.24) is 9.80 Å². The molecule has 1 aliphatic rings. The Morgan fingerprint density at radius 3 is 2.62 bits per heavy atom. The molecule has 21 heavy (non-hydrogen) atoms. The summed E-state index contributed by atoms with van der Waals surface area (Å²) in [7, 11) is 2.10. The molecule has 0 saturated carbocycles. The molecule has 0 bridgehead atoms. The molecule has 1 fully saturated rings. The number of esters is 1. The Morgan fingerprint density at radius 1 is 1.33 bits per heavy atom. The molecule has 1 aliphatic heterocycles. The summed E-state index contributed by atoms with van der Waals surface area (Å²) in [6.07, 6.45) is -0.200. The van der Waals surface area contributed by atoms with Crippen molar-refractivity contribution in [3.05, 3.63) is 35.6 Å². The average molecular weight is 317 g/mol. The topological polar surface area (TPSA) is 32.8 Å². The lowest BCUT2D eigenvalue weighted by molar-refractivity contribution is 0.0207. The van der Waals surface area contributed by atoms with Gasteiger partial charge in [0, 0.05) is 32.7 Å². The summed E-state index contributed by atoms with van der Waals surface area (Å²) in [5, 5.41) is 0. The second-order valence-corrected chi connectivity index (χ2v) is 5.33. The highest BCUT2D eigenvalue weighted by molar-refractivity contribution is 5.89. The van der Waals surface area contributed by atoms with Crippen LogP contribution in [0.15, 0.2) is 24.3 Å². The highest BCUT2D eigenvalue weighted by atomic mass is 35.5. The molecule has 0 aromatic heterocycles. The molecule has 1 aromatic rings. The SMILES string of the molecule is CC(CN1CCN(C)CC1)OC(=O)c1cccc(F)c1.Cl. The van der Waals surface area contributed by atoms with Crippen LogP contribution in [0.3, 0.4) is 0 Å². The fourth-order valence-electron chi connectivity index (χ4n) is 2.30. The first-order valence-electron chi connectivity index (χ1n) is 6.92. The van der Waals surface area contributed by atoms with Crippen molar-refractivity contribution in [3.8, 4) is 0 Å². The summed E-state index contributed by atoms with van der Waals surface area (Å²) in [6, 6.07) is 5.58. The molecule has 118 valence electrons. The van der Waals surface area contributed by atoms with E-state index in [0.29, 0.717) is 0 Å². The molecule has 1 unspecified atom stereocenters. The molecule has 1 aromatic carbocycles. The molecule has 6 heteroatoms. The molecule has 1 heterocycles. The third-order valence-electron chi connectivity index (χ3n) is 3.48. The molecule has 0 spiro atoms. The molecule has 1 atom stereocenters. The molecule has 0 N–H and O–H groups in total. The van der Waals surface area contributed by atoms with Gasteiger partial charge in [0.15, 0.2) is 0 Å². The van der Waals surface area contributed by atoms with E-state index in [4.69, 9.17) is 4.74 Å². The normalized spacial score (nSPS) is 17.9. The average Bonchev–Trinajstić information content (AvgIpc) is 2.41.